The highest BCUT2D eigenvalue weighted by Crippen LogP contribution is 2.23. The second-order valence-electron chi connectivity index (χ2n) is 3.95. The molecule has 1 aromatic heterocycles. The quantitative estimate of drug-likeness (QED) is 0.840. The highest BCUT2D eigenvalue weighted by molar-refractivity contribution is 6.34. The molecule has 1 N–H and O–H groups in total. The lowest BCUT2D eigenvalue weighted by atomic mass is 10.2. The van der Waals surface area contributed by atoms with Crippen LogP contribution in [0.1, 0.15) is 23.2 Å². The van der Waals surface area contributed by atoms with Crippen LogP contribution in [0.2, 0.25) is 10.3 Å². The van der Waals surface area contributed by atoms with E-state index < -0.39 is 0 Å². The molecule has 0 bridgehead atoms. The van der Waals surface area contributed by atoms with Crippen molar-refractivity contribution in [3.05, 3.63) is 28.0 Å². The number of carbonyl (C=O) groups is 1. The van der Waals surface area contributed by atoms with Crippen molar-refractivity contribution in [2.75, 3.05) is 13.2 Å². The van der Waals surface area contributed by atoms with Gasteiger partial charge in [-0.2, -0.15) is 0 Å². The Kier molecular flexibility index (Phi) is 3.86. The molecule has 1 saturated heterocycles. The Bertz CT molecular complexity index is 439. The molecule has 1 fully saturated rings. The van der Waals surface area contributed by atoms with Crippen LogP contribution in [0.5, 0.6) is 0 Å². The zero-order valence-electron chi connectivity index (χ0n) is 9.07. The monoisotopic (exact) mass is 274 g/mol. The minimum Gasteiger partial charge on any atom is -0.394 e. The summed E-state index contributed by atoms with van der Waals surface area (Å²) in [6.07, 6.45) is 1.72. The van der Waals surface area contributed by atoms with Crippen molar-refractivity contribution in [3.63, 3.8) is 0 Å². The number of halogens is 2. The summed E-state index contributed by atoms with van der Waals surface area (Å²) in [7, 11) is 0. The normalized spacial score (nSPS) is 19.7. The van der Waals surface area contributed by atoms with Gasteiger partial charge >= 0.3 is 0 Å². The van der Waals surface area contributed by atoms with Gasteiger partial charge in [-0.05, 0) is 25.0 Å². The number of aromatic nitrogens is 1. The number of nitrogens with zero attached hydrogens (tertiary/aromatic N) is 2. The number of likely N-dealkylation sites (tertiary alicyclic amines) is 1. The van der Waals surface area contributed by atoms with Crippen LogP contribution in [-0.4, -0.2) is 40.1 Å². The number of pyridine rings is 1. The van der Waals surface area contributed by atoms with E-state index in [4.69, 9.17) is 23.2 Å². The maximum Gasteiger partial charge on any atom is 0.257 e. The van der Waals surface area contributed by atoms with E-state index in [1.165, 1.54) is 6.07 Å². The Morgan fingerprint density at radius 1 is 1.53 bits per heavy atom. The van der Waals surface area contributed by atoms with Crippen molar-refractivity contribution < 1.29 is 9.90 Å². The lowest BCUT2D eigenvalue weighted by molar-refractivity contribution is 0.0677. The second-order valence-corrected chi connectivity index (χ2v) is 4.69. The van der Waals surface area contributed by atoms with Crippen LogP contribution in [0, 0.1) is 0 Å². The van der Waals surface area contributed by atoms with Crippen LogP contribution >= 0.6 is 23.2 Å². The van der Waals surface area contributed by atoms with E-state index in [9.17, 15) is 9.90 Å². The third-order valence-corrected chi connectivity index (χ3v) is 3.39. The van der Waals surface area contributed by atoms with E-state index in [1.54, 1.807) is 11.0 Å². The number of rotatable bonds is 2. The number of carbonyl (C=O) groups excluding carboxylic acids is 1. The molecule has 0 aromatic carbocycles. The summed E-state index contributed by atoms with van der Waals surface area (Å²) in [5.41, 5.74) is 0.330. The van der Waals surface area contributed by atoms with E-state index in [1.807, 2.05) is 0 Å². The standard InChI is InChI=1S/C11H12Cl2N2O2/c12-9-4-3-8(10(13)14-9)11(17)15-5-1-2-7(15)6-16/h3-4,7,16H,1-2,5-6H2. The fourth-order valence-corrected chi connectivity index (χ4v) is 2.44. The van der Waals surface area contributed by atoms with Crippen LogP contribution in [0.15, 0.2) is 12.1 Å². The summed E-state index contributed by atoms with van der Waals surface area (Å²) < 4.78 is 0. The summed E-state index contributed by atoms with van der Waals surface area (Å²) in [6.45, 7) is 0.618. The van der Waals surface area contributed by atoms with Crippen molar-refractivity contribution in [3.8, 4) is 0 Å². The minimum absolute atomic E-state index is 0.0234. The molecular weight excluding hydrogens is 263 g/mol. The predicted molar refractivity (Wildman–Crippen MR) is 65.4 cm³/mol. The molecule has 2 rings (SSSR count). The molecule has 2 heterocycles. The summed E-state index contributed by atoms with van der Waals surface area (Å²) in [6, 6.07) is 2.98. The highest BCUT2D eigenvalue weighted by Gasteiger charge is 2.30. The number of aliphatic hydroxyl groups excluding tert-OH is 1. The number of amides is 1. The van der Waals surface area contributed by atoms with Gasteiger partial charge in [0, 0.05) is 6.54 Å². The SMILES string of the molecule is O=C(c1ccc(Cl)nc1Cl)N1CCCC1CO. The van der Waals surface area contributed by atoms with Gasteiger partial charge in [0.1, 0.15) is 10.3 Å². The lowest BCUT2D eigenvalue weighted by Gasteiger charge is -2.23. The molecule has 17 heavy (non-hydrogen) atoms. The molecule has 1 amide bonds. The Morgan fingerprint density at radius 3 is 2.94 bits per heavy atom. The molecule has 4 nitrogen and oxygen atoms in total. The molecule has 1 aromatic rings. The van der Waals surface area contributed by atoms with Gasteiger partial charge in [0.05, 0.1) is 18.2 Å². The molecule has 1 unspecified atom stereocenters. The Morgan fingerprint density at radius 2 is 2.29 bits per heavy atom. The molecule has 92 valence electrons. The maximum atomic E-state index is 12.2. The van der Waals surface area contributed by atoms with Gasteiger partial charge in [-0.15, -0.1) is 0 Å². The second kappa shape index (κ2) is 5.21. The van der Waals surface area contributed by atoms with Crippen LogP contribution in [0.3, 0.4) is 0 Å². The lowest BCUT2D eigenvalue weighted by Crippen LogP contribution is -2.37. The molecule has 1 aliphatic rings. The largest absolute Gasteiger partial charge is 0.394 e. The number of hydrogen-bond donors (Lipinski definition) is 1. The van der Waals surface area contributed by atoms with E-state index in [-0.39, 0.29) is 28.9 Å². The van der Waals surface area contributed by atoms with Gasteiger partial charge in [-0.3, -0.25) is 4.79 Å². The number of aliphatic hydroxyl groups is 1. The zero-order valence-corrected chi connectivity index (χ0v) is 10.6. The molecule has 0 aliphatic carbocycles. The summed E-state index contributed by atoms with van der Waals surface area (Å²) in [5, 5.41) is 9.54. The van der Waals surface area contributed by atoms with Gasteiger partial charge in [0.2, 0.25) is 0 Å². The van der Waals surface area contributed by atoms with Crippen LogP contribution < -0.4 is 0 Å². The first-order valence-electron chi connectivity index (χ1n) is 5.37. The minimum atomic E-state index is -0.198. The molecule has 0 radical (unpaired) electrons. The Labute approximate surface area is 109 Å². The first-order chi connectivity index (χ1) is 8.13. The van der Waals surface area contributed by atoms with Crippen molar-refractivity contribution in [2.24, 2.45) is 0 Å². The van der Waals surface area contributed by atoms with Crippen LogP contribution in [0.25, 0.3) is 0 Å². The van der Waals surface area contributed by atoms with Gasteiger partial charge in [0.15, 0.2) is 0 Å². The summed E-state index contributed by atoms with van der Waals surface area (Å²) in [5.74, 6) is -0.198. The van der Waals surface area contributed by atoms with E-state index in [0.29, 0.717) is 12.1 Å². The van der Waals surface area contributed by atoms with Gasteiger partial charge < -0.3 is 10.0 Å². The van der Waals surface area contributed by atoms with Crippen molar-refractivity contribution in [2.45, 2.75) is 18.9 Å². The smallest absolute Gasteiger partial charge is 0.257 e. The molecule has 6 heteroatoms. The van der Waals surface area contributed by atoms with E-state index >= 15 is 0 Å². The van der Waals surface area contributed by atoms with Crippen molar-refractivity contribution >= 4 is 29.1 Å². The Hall–Kier alpha value is -0.840. The third kappa shape index (κ3) is 2.54. The first-order valence-corrected chi connectivity index (χ1v) is 6.13. The fraction of sp³-hybridized carbons (Fsp3) is 0.455. The molecule has 1 aliphatic heterocycles. The average molecular weight is 275 g/mol. The Balaban J connectivity index is 2.24. The summed E-state index contributed by atoms with van der Waals surface area (Å²) >= 11 is 11.6. The van der Waals surface area contributed by atoms with Crippen LogP contribution in [0.4, 0.5) is 0 Å². The highest BCUT2D eigenvalue weighted by atomic mass is 35.5. The molecular formula is C11H12Cl2N2O2. The fourth-order valence-electron chi connectivity index (χ4n) is 2.02. The molecule has 1 atom stereocenters. The van der Waals surface area contributed by atoms with Crippen molar-refractivity contribution in [1.29, 1.82) is 0 Å². The van der Waals surface area contributed by atoms with E-state index in [2.05, 4.69) is 4.98 Å². The summed E-state index contributed by atoms with van der Waals surface area (Å²) in [4.78, 5) is 17.7. The van der Waals surface area contributed by atoms with Crippen LogP contribution in [-0.2, 0) is 0 Å². The molecule has 0 spiro atoms. The van der Waals surface area contributed by atoms with Gasteiger partial charge in [-0.1, -0.05) is 23.2 Å². The van der Waals surface area contributed by atoms with E-state index in [0.717, 1.165) is 12.8 Å². The zero-order chi connectivity index (χ0) is 12.4. The van der Waals surface area contributed by atoms with Gasteiger partial charge in [-0.25, -0.2) is 4.98 Å². The average Bonchev–Trinajstić information content (AvgIpc) is 2.76. The maximum absolute atomic E-state index is 12.2. The topological polar surface area (TPSA) is 53.4 Å². The van der Waals surface area contributed by atoms with Gasteiger partial charge in [0.25, 0.3) is 5.91 Å². The number of hydrogen-bond acceptors (Lipinski definition) is 3. The first kappa shape index (κ1) is 12.6. The van der Waals surface area contributed by atoms with Crippen molar-refractivity contribution in [1.82, 2.24) is 9.88 Å². The molecule has 0 saturated carbocycles. The third-order valence-electron chi connectivity index (χ3n) is 2.89. The predicted octanol–water partition coefficient (Wildman–Crippen LogP) is 1.99.